The average Bonchev–Trinajstić information content (AvgIpc) is 2.31. The van der Waals surface area contributed by atoms with Crippen molar-refractivity contribution in [2.45, 2.75) is 0 Å². The molecule has 0 aliphatic carbocycles. The summed E-state index contributed by atoms with van der Waals surface area (Å²) in [5.41, 5.74) is 6.91. The van der Waals surface area contributed by atoms with E-state index in [1.807, 2.05) is 0 Å². The minimum atomic E-state index is -1.21. The molecule has 90 valence electrons. The van der Waals surface area contributed by atoms with Gasteiger partial charge in [-0.3, -0.25) is 20.4 Å². The normalized spacial score (nSPS) is 8.38. The second kappa shape index (κ2) is 6.86. The third-order valence-corrected chi connectivity index (χ3v) is 1.13. The van der Waals surface area contributed by atoms with Crippen molar-refractivity contribution in [3.8, 4) is 0 Å². The highest BCUT2D eigenvalue weighted by atomic mass is 16.5. The van der Waals surface area contributed by atoms with Crippen LogP contribution in [0.4, 0.5) is 9.59 Å². The minimum Gasteiger partial charge on any atom is -0.452 e. The maximum Gasteiger partial charge on any atom is 0.425 e. The first-order valence-electron chi connectivity index (χ1n) is 3.79. The Labute approximate surface area is 89.6 Å². The molecule has 10 heteroatoms. The van der Waals surface area contributed by atoms with Gasteiger partial charge in [0.05, 0.1) is 14.2 Å². The summed E-state index contributed by atoms with van der Waals surface area (Å²) in [7, 11) is 2.14. The van der Waals surface area contributed by atoms with Crippen LogP contribution in [0.2, 0.25) is 0 Å². The number of nitrogens with one attached hydrogen (secondary N) is 4. The number of rotatable bonds is 0. The molecule has 0 saturated heterocycles. The molecule has 16 heavy (non-hydrogen) atoms. The lowest BCUT2D eigenvalue weighted by atomic mass is 10.6. The molecule has 4 N–H and O–H groups in total. The van der Waals surface area contributed by atoms with Gasteiger partial charge in [0.15, 0.2) is 0 Å². The van der Waals surface area contributed by atoms with Crippen molar-refractivity contribution in [3.05, 3.63) is 0 Å². The molecule has 0 aromatic rings. The summed E-state index contributed by atoms with van der Waals surface area (Å²) in [4.78, 5) is 42.7. The van der Waals surface area contributed by atoms with E-state index in [-0.39, 0.29) is 0 Å². The summed E-state index contributed by atoms with van der Waals surface area (Å²) in [5.74, 6) is -2.41. The molecule has 0 fully saturated rings. The molecule has 0 saturated carbocycles. The van der Waals surface area contributed by atoms with Crippen LogP contribution in [0.5, 0.6) is 0 Å². The van der Waals surface area contributed by atoms with Gasteiger partial charge in [0.25, 0.3) is 0 Å². The van der Waals surface area contributed by atoms with Crippen molar-refractivity contribution in [2.24, 2.45) is 0 Å². The Hall–Kier alpha value is -2.52. The van der Waals surface area contributed by atoms with E-state index in [4.69, 9.17) is 0 Å². The van der Waals surface area contributed by atoms with Crippen molar-refractivity contribution in [1.29, 1.82) is 0 Å². The van der Waals surface area contributed by atoms with Crippen LogP contribution in [0.15, 0.2) is 0 Å². The lowest BCUT2D eigenvalue weighted by Crippen LogP contribution is -2.52. The van der Waals surface area contributed by atoms with Gasteiger partial charge < -0.3 is 9.47 Å². The largest absolute Gasteiger partial charge is 0.452 e. The summed E-state index contributed by atoms with van der Waals surface area (Å²) in [6.07, 6.45) is -1.91. The van der Waals surface area contributed by atoms with Crippen molar-refractivity contribution in [2.75, 3.05) is 14.2 Å². The molecule has 0 aromatic heterocycles. The summed E-state index contributed by atoms with van der Waals surface area (Å²) in [5, 5.41) is 0. The number of methoxy groups -OCH3 is 2. The highest BCUT2D eigenvalue weighted by Gasteiger charge is 2.14. The van der Waals surface area contributed by atoms with Crippen molar-refractivity contribution in [3.63, 3.8) is 0 Å². The van der Waals surface area contributed by atoms with E-state index >= 15 is 0 Å². The summed E-state index contributed by atoms with van der Waals surface area (Å²) >= 11 is 0. The van der Waals surface area contributed by atoms with Crippen LogP contribution in [0, 0.1) is 0 Å². The number of hydrogen-bond donors (Lipinski definition) is 4. The lowest BCUT2D eigenvalue weighted by molar-refractivity contribution is -0.140. The van der Waals surface area contributed by atoms with E-state index in [1.54, 1.807) is 21.7 Å². The van der Waals surface area contributed by atoms with Crippen LogP contribution in [0.1, 0.15) is 0 Å². The Morgan fingerprint density at radius 2 is 1.00 bits per heavy atom. The Morgan fingerprint density at radius 1 is 0.688 bits per heavy atom. The molecule has 0 bridgehead atoms. The fourth-order valence-electron chi connectivity index (χ4n) is 0.431. The van der Waals surface area contributed by atoms with E-state index in [1.165, 1.54) is 0 Å². The van der Waals surface area contributed by atoms with Crippen LogP contribution >= 0.6 is 0 Å². The number of ether oxygens (including phenoxy) is 2. The third-order valence-electron chi connectivity index (χ3n) is 1.13. The Balaban J connectivity index is 3.87. The van der Waals surface area contributed by atoms with Crippen LogP contribution in [0.25, 0.3) is 0 Å². The second-order valence-electron chi connectivity index (χ2n) is 2.14. The van der Waals surface area contributed by atoms with Crippen molar-refractivity contribution < 1.29 is 28.7 Å². The standard InChI is InChI=1S/C6H10N4O6/c1-15-5(13)9-7-3(11)4(12)8-10-6(14)16-2/h1-2H3,(H,7,11)(H,8,12)(H,9,13)(H,10,14). The maximum absolute atomic E-state index is 10.9. The van der Waals surface area contributed by atoms with Gasteiger partial charge in [-0.15, -0.1) is 0 Å². The first-order chi connectivity index (χ1) is 7.51. The van der Waals surface area contributed by atoms with E-state index in [0.29, 0.717) is 0 Å². The molecule has 0 aliphatic rings. The van der Waals surface area contributed by atoms with Gasteiger partial charge in [-0.2, -0.15) is 0 Å². The molecule has 0 radical (unpaired) electrons. The van der Waals surface area contributed by atoms with Gasteiger partial charge in [-0.25, -0.2) is 20.4 Å². The highest BCUT2D eigenvalue weighted by Crippen LogP contribution is 1.70. The van der Waals surface area contributed by atoms with Gasteiger partial charge in [0.2, 0.25) is 0 Å². The number of amides is 4. The van der Waals surface area contributed by atoms with E-state index in [0.717, 1.165) is 14.2 Å². The van der Waals surface area contributed by atoms with Gasteiger partial charge in [0.1, 0.15) is 0 Å². The average molecular weight is 234 g/mol. The molecule has 0 aromatic carbocycles. The van der Waals surface area contributed by atoms with Gasteiger partial charge in [-0.05, 0) is 0 Å². The fraction of sp³-hybridized carbons (Fsp3) is 0.333. The number of hydrazine groups is 2. The van der Waals surface area contributed by atoms with E-state index in [9.17, 15) is 19.2 Å². The summed E-state index contributed by atoms with van der Waals surface area (Å²) in [6.45, 7) is 0. The lowest BCUT2D eigenvalue weighted by Gasteiger charge is -2.06. The first-order valence-corrected chi connectivity index (χ1v) is 3.79. The SMILES string of the molecule is COC(=O)NNC(=O)C(=O)NNC(=O)OC. The number of carbonyl (C=O) groups is 4. The monoisotopic (exact) mass is 234 g/mol. The zero-order chi connectivity index (χ0) is 12.6. The quantitative estimate of drug-likeness (QED) is 0.276. The predicted molar refractivity (Wildman–Crippen MR) is 47.4 cm³/mol. The van der Waals surface area contributed by atoms with Gasteiger partial charge in [-0.1, -0.05) is 0 Å². The Morgan fingerprint density at radius 3 is 1.25 bits per heavy atom. The molecule has 0 heterocycles. The van der Waals surface area contributed by atoms with Crippen LogP contribution in [-0.2, 0) is 19.1 Å². The molecule has 0 unspecified atom stereocenters. The zero-order valence-electron chi connectivity index (χ0n) is 8.45. The van der Waals surface area contributed by atoms with Crippen LogP contribution in [-0.4, -0.2) is 38.2 Å². The topological polar surface area (TPSA) is 135 Å². The minimum absolute atomic E-state index is 0.956. The smallest absolute Gasteiger partial charge is 0.425 e. The maximum atomic E-state index is 10.9. The Bertz CT molecular complexity index is 273. The predicted octanol–water partition coefficient (Wildman–Crippen LogP) is -2.24. The van der Waals surface area contributed by atoms with Crippen LogP contribution < -0.4 is 21.7 Å². The molecule has 0 rings (SSSR count). The highest BCUT2D eigenvalue weighted by molar-refractivity contribution is 6.35. The molecule has 0 atom stereocenters. The molecule has 4 amide bonds. The number of carbonyl (C=O) groups excluding carboxylic acids is 4. The van der Waals surface area contributed by atoms with Crippen LogP contribution in [0.3, 0.4) is 0 Å². The van der Waals surface area contributed by atoms with Crippen molar-refractivity contribution >= 4 is 24.0 Å². The first kappa shape index (κ1) is 13.5. The second-order valence-corrected chi connectivity index (χ2v) is 2.14. The van der Waals surface area contributed by atoms with Gasteiger partial charge in [0, 0.05) is 0 Å². The zero-order valence-corrected chi connectivity index (χ0v) is 8.45. The van der Waals surface area contributed by atoms with Gasteiger partial charge >= 0.3 is 24.0 Å². The Kier molecular flexibility index (Phi) is 5.78. The molecule has 10 nitrogen and oxygen atoms in total. The van der Waals surface area contributed by atoms with Crippen molar-refractivity contribution in [1.82, 2.24) is 21.7 Å². The number of hydrogen-bond acceptors (Lipinski definition) is 6. The molecule has 0 spiro atoms. The summed E-state index contributed by atoms with van der Waals surface area (Å²) < 4.78 is 8.22. The molecular weight excluding hydrogens is 224 g/mol. The third kappa shape index (κ3) is 5.26. The molecule has 0 aliphatic heterocycles. The molecular formula is C6H10N4O6. The van der Waals surface area contributed by atoms with E-state index < -0.39 is 24.0 Å². The fourth-order valence-corrected chi connectivity index (χ4v) is 0.431. The summed E-state index contributed by atoms with van der Waals surface area (Å²) in [6, 6.07) is 0. The van der Waals surface area contributed by atoms with E-state index in [2.05, 4.69) is 9.47 Å².